The second-order valence-electron chi connectivity index (χ2n) is 2.17. The Balaban J connectivity index is 2.89. The van der Waals surface area contributed by atoms with Crippen LogP contribution < -0.4 is 0 Å². The quantitative estimate of drug-likeness (QED) is 0.543. The molecule has 0 saturated heterocycles. The Morgan fingerprint density at radius 2 is 2.20 bits per heavy atom. The van der Waals surface area contributed by atoms with E-state index in [0.29, 0.717) is 5.71 Å². The summed E-state index contributed by atoms with van der Waals surface area (Å²) >= 11 is 0. The van der Waals surface area contributed by atoms with Crippen molar-refractivity contribution in [3.05, 3.63) is 23.8 Å². The van der Waals surface area contributed by atoms with E-state index in [1.165, 1.54) is 12.2 Å². The first kappa shape index (κ1) is 6.93. The van der Waals surface area contributed by atoms with Crippen molar-refractivity contribution >= 4 is 11.5 Å². The number of carbonyl (C=O) groups excluding carboxylic acids is 1. The predicted molar refractivity (Wildman–Crippen MR) is 40.2 cm³/mol. The highest BCUT2D eigenvalue weighted by atomic mass is 16.1. The van der Waals surface area contributed by atoms with Crippen LogP contribution in [0.2, 0.25) is 0 Å². The molecule has 0 unspecified atom stereocenters. The molecule has 0 aromatic carbocycles. The summed E-state index contributed by atoms with van der Waals surface area (Å²) in [6, 6.07) is 0. The van der Waals surface area contributed by atoms with Gasteiger partial charge in [-0.05, 0) is 30.2 Å². The van der Waals surface area contributed by atoms with Crippen LogP contribution in [-0.4, -0.2) is 11.5 Å². The normalized spacial score (nSPS) is 17.5. The van der Waals surface area contributed by atoms with Gasteiger partial charge in [0.05, 0.1) is 5.71 Å². The number of rotatable bonds is 1. The van der Waals surface area contributed by atoms with Crippen LogP contribution in [0.5, 0.6) is 0 Å². The van der Waals surface area contributed by atoms with E-state index in [4.69, 9.17) is 5.41 Å². The summed E-state index contributed by atoms with van der Waals surface area (Å²) in [5.41, 5.74) is 1.29. The van der Waals surface area contributed by atoms with Gasteiger partial charge in [-0.2, -0.15) is 0 Å². The first-order valence-corrected chi connectivity index (χ1v) is 3.25. The van der Waals surface area contributed by atoms with Gasteiger partial charge in [0, 0.05) is 0 Å². The molecule has 0 radical (unpaired) electrons. The summed E-state index contributed by atoms with van der Waals surface area (Å²) in [5.74, 6) is -0.00662. The molecule has 0 amide bonds. The van der Waals surface area contributed by atoms with E-state index < -0.39 is 0 Å². The number of ketones is 1. The standard InChI is InChI=1S/C8H9NO/c1-2-6-5-7(10)3-4-8(6)9/h3-5,9H,2H2,1H3. The fraction of sp³-hybridized carbons (Fsp3) is 0.250. The molecule has 1 rings (SSSR count). The SMILES string of the molecule is CCC1=CC(=O)C=CC1=N. The summed E-state index contributed by atoms with van der Waals surface area (Å²) in [6.07, 6.45) is 5.24. The van der Waals surface area contributed by atoms with Gasteiger partial charge in [0.2, 0.25) is 0 Å². The first-order valence-electron chi connectivity index (χ1n) is 3.25. The minimum absolute atomic E-state index is 0.00662. The monoisotopic (exact) mass is 135 g/mol. The third-order valence-electron chi connectivity index (χ3n) is 1.46. The number of hydrogen-bond donors (Lipinski definition) is 1. The molecule has 2 nitrogen and oxygen atoms in total. The second kappa shape index (κ2) is 2.60. The summed E-state index contributed by atoms with van der Waals surface area (Å²) in [6.45, 7) is 1.94. The molecule has 0 aromatic rings. The number of nitrogens with one attached hydrogen (secondary N) is 1. The molecule has 1 aliphatic carbocycles. The molecule has 0 aliphatic heterocycles. The molecule has 0 saturated carbocycles. The van der Waals surface area contributed by atoms with Gasteiger partial charge in [0.25, 0.3) is 0 Å². The van der Waals surface area contributed by atoms with Crippen molar-refractivity contribution in [1.82, 2.24) is 0 Å². The third-order valence-corrected chi connectivity index (χ3v) is 1.46. The van der Waals surface area contributed by atoms with Crippen LogP contribution in [0.25, 0.3) is 0 Å². The molecule has 0 spiro atoms. The molecule has 0 atom stereocenters. The molecular formula is C8H9NO. The van der Waals surface area contributed by atoms with Crippen LogP contribution in [0.3, 0.4) is 0 Å². The molecule has 0 bridgehead atoms. The average molecular weight is 135 g/mol. The average Bonchev–Trinajstić information content (AvgIpc) is 1.94. The fourth-order valence-electron chi connectivity index (χ4n) is 0.863. The molecule has 0 fully saturated rings. The van der Waals surface area contributed by atoms with E-state index in [0.717, 1.165) is 12.0 Å². The zero-order valence-corrected chi connectivity index (χ0v) is 5.85. The molecular weight excluding hydrogens is 126 g/mol. The Bertz CT molecular complexity index is 236. The smallest absolute Gasteiger partial charge is 0.179 e. The van der Waals surface area contributed by atoms with Gasteiger partial charge in [-0.1, -0.05) is 6.92 Å². The molecule has 1 aliphatic rings. The van der Waals surface area contributed by atoms with Crippen LogP contribution in [0.1, 0.15) is 13.3 Å². The lowest BCUT2D eigenvalue weighted by Gasteiger charge is -2.04. The van der Waals surface area contributed by atoms with Gasteiger partial charge in [0.1, 0.15) is 0 Å². The van der Waals surface area contributed by atoms with Crippen molar-refractivity contribution in [3.8, 4) is 0 Å². The van der Waals surface area contributed by atoms with Gasteiger partial charge >= 0.3 is 0 Å². The molecule has 0 heterocycles. The Labute approximate surface area is 59.8 Å². The molecule has 52 valence electrons. The fourth-order valence-corrected chi connectivity index (χ4v) is 0.863. The molecule has 1 N–H and O–H groups in total. The van der Waals surface area contributed by atoms with Crippen LogP contribution in [-0.2, 0) is 4.79 Å². The van der Waals surface area contributed by atoms with Crippen molar-refractivity contribution < 1.29 is 4.79 Å². The molecule has 0 aromatic heterocycles. The van der Waals surface area contributed by atoms with Crippen LogP contribution in [0.4, 0.5) is 0 Å². The highest BCUT2D eigenvalue weighted by molar-refractivity contribution is 6.18. The van der Waals surface area contributed by atoms with Crippen LogP contribution in [0.15, 0.2) is 23.8 Å². The maximum absolute atomic E-state index is 10.7. The van der Waals surface area contributed by atoms with Gasteiger partial charge in [-0.3, -0.25) is 4.79 Å². The Kier molecular flexibility index (Phi) is 1.81. The highest BCUT2D eigenvalue weighted by Gasteiger charge is 2.06. The van der Waals surface area contributed by atoms with Gasteiger partial charge < -0.3 is 5.41 Å². The zero-order valence-electron chi connectivity index (χ0n) is 5.85. The van der Waals surface area contributed by atoms with E-state index in [1.54, 1.807) is 6.08 Å². The summed E-state index contributed by atoms with van der Waals surface area (Å²) < 4.78 is 0. The molecule has 10 heavy (non-hydrogen) atoms. The summed E-state index contributed by atoms with van der Waals surface area (Å²) in [7, 11) is 0. The Hall–Kier alpha value is -1.18. The zero-order chi connectivity index (χ0) is 7.56. The Morgan fingerprint density at radius 3 is 2.70 bits per heavy atom. The highest BCUT2D eigenvalue weighted by Crippen LogP contribution is 2.08. The van der Waals surface area contributed by atoms with Crippen molar-refractivity contribution in [2.75, 3.05) is 0 Å². The largest absolute Gasteiger partial charge is 0.301 e. The number of hydrogen-bond acceptors (Lipinski definition) is 2. The minimum atomic E-state index is -0.00662. The van der Waals surface area contributed by atoms with Crippen molar-refractivity contribution in [2.45, 2.75) is 13.3 Å². The van der Waals surface area contributed by atoms with Crippen LogP contribution >= 0.6 is 0 Å². The topological polar surface area (TPSA) is 40.9 Å². The molecule has 2 heteroatoms. The lowest BCUT2D eigenvalue weighted by atomic mass is 10.0. The van der Waals surface area contributed by atoms with E-state index in [1.807, 2.05) is 6.92 Å². The second-order valence-corrected chi connectivity index (χ2v) is 2.17. The minimum Gasteiger partial charge on any atom is -0.301 e. The van der Waals surface area contributed by atoms with E-state index in [9.17, 15) is 4.79 Å². The maximum Gasteiger partial charge on any atom is 0.179 e. The number of carbonyl (C=O) groups is 1. The van der Waals surface area contributed by atoms with E-state index in [2.05, 4.69) is 0 Å². The first-order chi connectivity index (χ1) is 4.74. The van der Waals surface area contributed by atoms with Crippen molar-refractivity contribution in [3.63, 3.8) is 0 Å². The van der Waals surface area contributed by atoms with Crippen molar-refractivity contribution in [1.29, 1.82) is 5.41 Å². The maximum atomic E-state index is 10.7. The Morgan fingerprint density at radius 1 is 1.50 bits per heavy atom. The lowest BCUT2D eigenvalue weighted by Crippen LogP contribution is -2.05. The van der Waals surface area contributed by atoms with Crippen molar-refractivity contribution in [2.24, 2.45) is 0 Å². The summed E-state index contributed by atoms with van der Waals surface area (Å²) in [4.78, 5) is 10.7. The third kappa shape index (κ3) is 1.21. The van der Waals surface area contributed by atoms with Gasteiger partial charge in [-0.15, -0.1) is 0 Å². The van der Waals surface area contributed by atoms with Crippen LogP contribution in [0, 0.1) is 5.41 Å². The lowest BCUT2D eigenvalue weighted by molar-refractivity contribution is -0.110. The van der Waals surface area contributed by atoms with E-state index in [-0.39, 0.29) is 5.78 Å². The summed E-state index contributed by atoms with van der Waals surface area (Å²) in [5, 5.41) is 7.33. The van der Waals surface area contributed by atoms with Gasteiger partial charge in [-0.25, -0.2) is 0 Å². The number of allylic oxidation sites excluding steroid dienone is 4. The van der Waals surface area contributed by atoms with E-state index >= 15 is 0 Å². The van der Waals surface area contributed by atoms with Gasteiger partial charge in [0.15, 0.2) is 5.78 Å². The predicted octanol–water partition coefficient (Wildman–Crippen LogP) is 1.48.